The highest BCUT2D eigenvalue weighted by Gasteiger charge is 2.30. The van der Waals surface area contributed by atoms with Crippen LogP contribution in [-0.2, 0) is 6.54 Å². The lowest BCUT2D eigenvalue weighted by Gasteiger charge is -2.30. The van der Waals surface area contributed by atoms with E-state index < -0.39 is 17.3 Å². The van der Waals surface area contributed by atoms with Gasteiger partial charge in [-0.1, -0.05) is 30.3 Å². The topological polar surface area (TPSA) is 57.2 Å². The van der Waals surface area contributed by atoms with E-state index in [0.29, 0.717) is 17.1 Å². The zero-order valence-corrected chi connectivity index (χ0v) is 20.4. The van der Waals surface area contributed by atoms with E-state index >= 15 is 4.39 Å². The molecule has 1 aliphatic heterocycles. The van der Waals surface area contributed by atoms with Crippen LogP contribution in [0.2, 0.25) is 0 Å². The van der Waals surface area contributed by atoms with Crippen LogP contribution in [0.15, 0.2) is 60.7 Å². The number of nitrogens with zero attached hydrogens (tertiary/aromatic N) is 1. The molecule has 1 amide bonds. The van der Waals surface area contributed by atoms with Crippen LogP contribution in [-0.4, -0.2) is 32.8 Å². The molecule has 0 bridgehead atoms. The normalized spacial score (nSPS) is 13.4. The molecule has 0 saturated carbocycles. The second-order valence-electron chi connectivity index (χ2n) is 8.61. The van der Waals surface area contributed by atoms with Crippen molar-refractivity contribution in [3.63, 3.8) is 0 Å². The summed E-state index contributed by atoms with van der Waals surface area (Å²) in [5, 5.41) is 0. The molecule has 1 aliphatic rings. The number of carbonyl (C=O) groups is 1. The third kappa shape index (κ3) is 4.67. The van der Waals surface area contributed by atoms with Crippen LogP contribution < -0.4 is 23.8 Å². The largest absolute Gasteiger partial charge is 0.495 e. The van der Waals surface area contributed by atoms with Crippen molar-refractivity contribution < 1.29 is 28.1 Å². The Morgan fingerprint density at radius 3 is 2.31 bits per heavy atom. The van der Waals surface area contributed by atoms with E-state index in [9.17, 15) is 4.79 Å². The first-order valence-corrected chi connectivity index (χ1v) is 11.1. The van der Waals surface area contributed by atoms with Crippen LogP contribution in [0.5, 0.6) is 23.0 Å². The summed E-state index contributed by atoms with van der Waals surface area (Å²) >= 11 is 0. The number of benzene rings is 3. The molecular formula is C28H28FNO5. The van der Waals surface area contributed by atoms with Gasteiger partial charge in [-0.2, -0.15) is 0 Å². The maximum Gasteiger partial charge on any atom is 0.262 e. The molecule has 0 fully saturated rings. The van der Waals surface area contributed by atoms with Gasteiger partial charge in [0.25, 0.3) is 5.91 Å². The number of methoxy groups -OCH3 is 3. The number of fused-ring (bicyclic) bond motifs is 1. The fourth-order valence-electron chi connectivity index (χ4n) is 4.08. The molecule has 0 unspecified atom stereocenters. The van der Waals surface area contributed by atoms with Crippen molar-refractivity contribution in [1.82, 2.24) is 0 Å². The van der Waals surface area contributed by atoms with Crippen LogP contribution in [0.4, 0.5) is 10.1 Å². The average molecular weight is 478 g/mol. The Labute approximate surface area is 204 Å². The van der Waals surface area contributed by atoms with Gasteiger partial charge in [0.05, 0.1) is 44.7 Å². The minimum absolute atomic E-state index is 0.0594. The molecule has 3 aromatic carbocycles. The van der Waals surface area contributed by atoms with Crippen LogP contribution in [0, 0.1) is 5.82 Å². The van der Waals surface area contributed by atoms with E-state index in [2.05, 4.69) is 0 Å². The van der Waals surface area contributed by atoms with Gasteiger partial charge in [-0.25, -0.2) is 4.39 Å². The van der Waals surface area contributed by atoms with Crippen LogP contribution >= 0.6 is 0 Å². The lowest BCUT2D eigenvalue weighted by Crippen LogP contribution is -2.32. The summed E-state index contributed by atoms with van der Waals surface area (Å²) in [7, 11) is 4.28. The molecule has 1 heterocycles. The van der Waals surface area contributed by atoms with E-state index in [1.165, 1.54) is 32.3 Å². The molecule has 0 atom stereocenters. The van der Waals surface area contributed by atoms with Crippen molar-refractivity contribution in [2.45, 2.75) is 26.0 Å². The summed E-state index contributed by atoms with van der Waals surface area (Å²) in [5.74, 6) is -0.00384. The second-order valence-corrected chi connectivity index (χ2v) is 8.61. The Morgan fingerprint density at radius 2 is 1.66 bits per heavy atom. The monoisotopic (exact) mass is 477 g/mol. The number of anilines is 1. The SMILES string of the molecule is COc1ccc(N(Cc2ccccc2)C(=O)c2ccc3c(c2OC)C=CC(C)(C)O3)c(F)c1OC. The molecule has 0 aliphatic carbocycles. The minimum Gasteiger partial charge on any atom is -0.495 e. The lowest BCUT2D eigenvalue weighted by molar-refractivity contribution is 0.0980. The van der Waals surface area contributed by atoms with Gasteiger partial charge in [0.1, 0.15) is 17.1 Å². The fraction of sp³-hybridized carbons (Fsp3) is 0.250. The maximum atomic E-state index is 15.6. The number of hydrogen-bond donors (Lipinski definition) is 0. The Kier molecular flexibility index (Phi) is 6.69. The Balaban J connectivity index is 1.85. The molecule has 0 radical (unpaired) electrons. The van der Waals surface area contributed by atoms with Gasteiger partial charge in [0, 0.05) is 0 Å². The molecule has 182 valence electrons. The first-order valence-electron chi connectivity index (χ1n) is 11.1. The number of ether oxygens (including phenoxy) is 4. The highest BCUT2D eigenvalue weighted by atomic mass is 19.1. The fourth-order valence-corrected chi connectivity index (χ4v) is 4.08. The summed E-state index contributed by atoms with van der Waals surface area (Å²) in [6, 6.07) is 15.8. The molecule has 0 aromatic heterocycles. The number of rotatable bonds is 7. The highest BCUT2D eigenvalue weighted by molar-refractivity contribution is 6.09. The molecule has 35 heavy (non-hydrogen) atoms. The van der Waals surface area contributed by atoms with Crippen LogP contribution in [0.3, 0.4) is 0 Å². The molecule has 0 saturated heterocycles. The molecule has 4 rings (SSSR count). The molecule has 3 aromatic rings. The third-order valence-electron chi connectivity index (χ3n) is 5.80. The molecule has 0 N–H and O–H groups in total. The standard InChI is InChI=1S/C28H28FNO5/c1-28(2)16-15-19-22(35-28)13-11-20(25(19)33-4)27(31)30(17-18-9-7-6-8-10-18)21-12-14-23(32-3)26(34-5)24(21)29/h6-16H,17H2,1-5H3. The van der Waals surface area contributed by atoms with Gasteiger partial charge in [-0.15, -0.1) is 0 Å². The van der Waals surface area contributed by atoms with Crippen LogP contribution in [0.25, 0.3) is 6.08 Å². The first-order chi connectivity index (χ1) is 16.8. The summed E-state index contributed by atoms with van der Waals surface area (Å²) in [4.78, 5) is 15.4. The van der Waals surface area contributed by atoms with Crippen molar-refractivity contribution in [2.75, 3.05) is 26.2 Å². The van der Waals surface area contributed by atoms with Crippen molar-refractivity contribution in [1.29, 1.82) is 0 Å². The number of halogens is 1. The Bertz CT molecular complexity index is 1270. The zero-order valence-electron chi connectivity index (χ0n) is 20.4. The predicted octanol–water partition coefficient (Wildman–Crippen LogP) is 5.88. The number of carbonyl (C=O) groups excluding carboxylic acids is 1. The van der Waals surface area contributed by atoms with Gasteiger partial charge in [-0.05, 0) is 55.8 Å². The van der Waals surface area contributed by atoms with E-state index in [0.717, 1.165) is 5.56 Å². The predicted molar refractivity (Wildman–Crippen MR) is 133 cm³/mol. The smallest absolute Gasteiger partial charge is 0.262 e. The van der Waals surface area contributed by atoms with Gasteiger partial charge in [0.15, 0.2) is 17.3 Å². The minimum atomic E-state index is -0.696. The lowest BCUT2D eigenvalue weighted by atomic mass is 9.98. The summed E-state index contributed by atoms with van der Waals surface area (Å²) in [6.45, 7) is 4.02. The zero-order chi connectivity index (χ0) is 25.2. The van der Waals surface area contributed by atoms with E-state index in [4.69, 9.17) is 18.9 Å². The third-order valence-corrected chi connectivity index (χ3v) is 5.80. The van der Waals surface area contributed by atoms with E-state index in [-0.39, 0.29) is 29.3 Å². The van der Waals surface area contributed by atoms with E-state index in [1.807, 2.05) is 56.3 Å². The maximum absolute atomic E-state index is 15.6. The second kappa shape index (κ2) is 9.70. The Hall–Kier alpha value is -4.00. The Morgan fingerprint density at radius 1 is 0.943 bits per heavy atom. The summed E-state index contributed by atoms with van der Waals surface area (Å²) in [5.41, 5.74) is 1.35. The van der Waals surface area contributed by atoms with Crippen molar-refractivity contribution in [2.24, 2.45) is 0 Å². The molecule has 6 nitrogen and oxygen atoms in total. The average Bonchev–Trinajstić information content (AvgIpc) is 2.86. The number of amides is 1. The van der Waals surface area contributed by atoms with E-state index in [1.54, 1.807) is 18.2 Å². The highest BCUT2D eigenvalue weighted by Crippen LogP contribution is 2.41. The molecular weight excluding hydrogens is 449 g/mol. The van der Waals surface area contributed by atoms with Crippen molar-refractivity contribution in [3.8, 4) is 23.0 Å². The van der Waals surface area contributed by atoms with Gasteiger partial charge in [-0.3, -0.25) is 4.79 Å². The summed E-state index contributed by atoms with van der Waals surface area (Å²) in [6.07, 6.45) is 3.79. The summed E-state index contributed by atoms with van der Waals surface area (Å²) < 4.78 is 37.8. The van der Waals surface area contributed by atoms with Gasteiger partial charge >= 0.3 is 0 Å². The van der Waals surface area contributed by atoms with Crippen molar-refractivity contribution in [3.05, 3.63) is 83.2 Å². The molecule has 7 heteroatoms. The quantitative estimate of drug-likeness (QED) is 0.425. The van der Waals surface area contributed by atoms with Gasteiger partial charge < -0.3 is 23.8 Å². The van der Waals surface area contributed by atoms with Crippen molar-refractivity contribution >= 4 is 17.7 Å². The van der Waals surface area contributed by atoms with Crippen LogP contribution in [0.1, 0.15) is 35.3 Å². The first kappa shape index (κ1) is 24.1. The molecule has 0 spiro atoms. The number of hydrogen-bond acceptors (Lipinski definition) is 5. The van der Waals surface area contributed by atoms with Gasteiger partial charge in [0.2, 0.25) is 0 Å².